The first kappa shape index (κ1) is 21.2. The Morgan fingerprint density at radius 2 is 1.48 bits per heavy atom. The van der Waals surface area contributed by atoms with Crippen LogP contribution in [0.2, 0.25) is 0 Å². The van der Waals surface area contributed by atoms with E-state index in [0.717, 1.165) is 43.9 Å². The molecule has 2 aromatic carbocycles. The molecule has 0 saturated heterocycles. The summed E-state index contributed by atoms with van der Waals surface area (Å²) < 4.78 is 12.8. The number of halogens is 2. The topological polar surface area (TPSA) is 56.7 Å². The number of nitrogens with one attached hydrogen (secondary N) is 2. The molecule has 0 spiro atoms. The lowest BCUT2D eigenvalue weighted by atomic mass is 10.1. The SMILES string of the molecule is CN=C(NCCCc1ccc(O)cc1)NCCc1ccc(F)cc1.I. The summed E-state index contributed by atoms with van der Waals surface area (Å²) in [5, 5.41) is 15.8. The molecule has 4 nitrogen and oxygen atoms in total. The van der Waals surface area contributed by atoms with Crippen molar-refractivity contribution in [2.24, 2.45) is 4.99 Å². The average molecular weight is 457 g/mol. The van der Waals surface area contributed by atoms with Crippen molar-refractivity contribution >= 4 is 29.9 Å². The van der Waals surface area contributed by atoms with Crippen LogP contribution in [0, 0.1) is 5.82 Å². The second kappa shape index (κ2) is 11.7. The Balaban J connectivity index is 0.00000312. The van der Waals surface area contributed by atoms with E-state index >= 15 is 0 Å². The number of rotatable bonds is 7. The molecule has 0 saturated carbocycles. The Labute approximate surface area is 165 Å². The Morgan fingerprint density at radius 1 is 0.920 bits per heavy atom. The molecule has 136 valence electrons. The molecule has 0 bridgehead atoms. The number of phenols is 1. The molecule has 0 aliphatic carbocycles. The van der Waals surface area contributed by atoms with Crippen LogP contribution in [0.3, 0.4) is 0 Å². The zero-order valence-electron chi connectivity index (χ0n) is 14.3. The highest BCUT2D eigenvalue weighted by Gasteiger charge is 1.99. The predicted molar refractivity (Wildman–Crippen MR) is 111 cm³/mol. The van der Waals surface area contributed by atoms with Crippen molar-refractivity contribution in [2.45, 2.75) is 19.3 Å². The van der Waals surface area contributed by atoms with Gasteiger partial charge in [0, 0.05) is 20.1 Å². The van der Waals surface area contributed by atoms with E-state index in [1.54, 1.807) is 31.3 Å². The van der Waals surface area contributed by atoms with Crippen LogP contribution >= 0.6 is 24.0 Å². The van der Waals surface area contributed by atoms with Crippen molar-refractivity contribution in [3.8, 4) is 5.75 Å². The van der Waals surface area contributed by atoms with Gasteiger partial charge in [-0.15, -0.1) is 24.0 Å². The van der Waals surface area contributed by atoms with Gasteiger partial charge in [0.1, 0.15) is 11.6 Å². The molecule has 3 N–H and O–H groups in total. The molecular weight excluding hydrogens is 432 g/mol. The maximum atomic E-state index is 12.8. The third-order valence-electron chi connectivity index (χ3n) is 3.71. The van der Waals surface area contributed by atoms with Crippen LogP contribution < -0.4 is 10.6 Å². The molecule has 0 aliphatic heterocycles. The van der Waals surface area contributed by atoms with Gasteiger partial charge in [0.2, 0.25) is 0 Å². The van der Waals surface area contributed by atoms with Crippen molar-refractivity contribution < 1.29 is 9.50 Å². The summed E-state index contributed by atoms with van der Waals surface area (Å²) >= 11 is 0. The van der Waals surface area contributed by atoms with Gasteiger partial charge in [-0.05, 0) is 54.7 Å². The molecule has 6 heteroatoms. The third-order valence-corrected chi connectivity index (χ3v) is 3.71. The molecule has 0 amide bonds. The summed E-state index contributed by atoms with van der Waals surface area (Å²) in [5.41, 5.74) is 2.29. The van der Waals surface area contributed by atoms with Gasteiger partial charge in [-0.1, -0.05) is 24.3 Å². The molecule has 0 aromatic heterocycles. The first-order chi connectivity index (χ1) is 11.7. The smallest absolute Gasteiger partial charge is 0.190 e. The van der Waals surface area contributed by atoms with Gasteiger partial charge in [-0.3, -0.25) is 4.99 Å². The van der Waals surface area contributed by atoms with E-state index in [4.69, 9.17) is 0 Å². The number of guanidine groups is 1. The molecule has 0 heterocycles. The molecule has 0 radical (unpaired) electrons. The number of aliphatic imine (C=N–C) groups is 1. The maximum absolute atomic E-state index is 12.8. The summed E-state index contributed by atoms with van der Waals surface area (Å²) in [5.74, 6) is 0.850. The summed E-state index contributed by atoms with van der Waals surface area (Å²) in [6.45, 7) is 1.56. The van der Waals surface area contributed by atoms with Crippen molar-refractivity contribution in [3.05, 3.63) is 65.5 Å². The summed E-state index contributed by atoms with van der Waals surface area (Å²) in [7, 11) is 1.74. The fourth-order valence-electron chi connectivity index (χ4n) is 2.36. The highest BCUT2D eigenvalue weighted by molar-refractivity contribution is 14.0. The maximum Gasteiger partial charge on any atom is 0.190 e. The first-order valence-corrected chi connectivity index (χ1v) is 8.14. The highest BCUT2D eigenvalue weighted by atomic mass is 127. The first-order valence-electron chi connectivity index (χ1n) is 8.14. The second-order valence-corrected chi connectivity index (χ2v) is 5.57. The second-order valence-electron chi connectivity index (χ2n) is 5.57. The Bertz CT molecular complexity index is 645. The minimum atomic E-state index is -0.210. The van der Waals surface area contributed by atoms with Crippen molar-refractivity contribution in [1.29, 1.82) is 0 Å². The van der Waals surface area contributed by atoms with E-state index < -0.39 is 0 Å². The quantitative estimate of drug-likeness (QED) is 0.258. The van der Waals surface area contributed by atoms with Gasteiger partial charge >= 0.3 is 0 Å². The lowest BCUT2D eigenvalue weighted by Gasteiger charge is -2.12. The average Bonchev–Trinajstić information content (AvgIpc) is 2.60. The van der Waals surface area contributed by atoms with Gasteiger partial charge in [0.15, 0.2) is 5.96 Å². The number of hydrogen-bond donors (Lipinski definition) is 3. The van der Waals surface area contributed by atoms with Crippen molar-refractivity contribution in [1.82, 2.24) is 10.6 Å². The fourth-order valence-corrected chi connectivity index (χ4v) is 2.36. The van der Waals surface area contributed by atoms with Crippen LogP contribution in [0.4, 0.5) is 4.39 Å². The monoisotopic (exact) mass is 457 g/mol. The molecule has 25 heavy (non-hydrogen) atoms. The number of nitrogens with zero attached hydrogens (tertiary/aromatic N) is 1. The molecular formula is C19H25FIN3O. The third kappa shape index (κ3) is 8.20. The summed E-state index contributed by atoms with van der Waals surface area (Å²) in [6, 6.07) is 13.8. The standard InChI is InChI=1S/C19H24FN3O.HI/c1-21-19(23-14-12-16-4-8-17(20)9-5-16)22-13-2-3-15-6-10-18(24)11-7-15;/h4-11,24H,2-3,12-14H2,1H3,(H2,21,22,23);1H. The molecule has 0 aliphatic rings. The Hall–Kier alpha value is -1.83. The van der Waals surface area contributed by atoms with Gasteiger partial charge in [0.25, 0.3) is 0 Å². The molecule has 0 atom stereocenters. The van der Waals surface area contributed by atoms with E-state index in [0.29, 0.717) is 5.75 Å². The van der Waals surface area contributed by atoms with Gasteiger partial charge in [-0.25, -0.2) is 4.39 Å². The predicted octanol–water partition coefficient (Wildman–Crippen LogP) is 3.49. The molecule has 0 fully saturated rings. The van der Waals surface area contributed by atoms with Gasteiger partial charge < -0.3 is 15.7 Å². The normalized spacial score (nSPS) is 10.9. The van der Waals surface area contributed by atoms with Crippen LogP contribution in [-0.4, -0.2) is 31.2 Å². The number of phenolic OH excluding ortho intramolecular Hbond substituents is 1. The molecule has 2 rings (SSSR count). The molecule has 0 unspecified atom stereocenters. The zero-order chi connectivity index (χ0) is 17.2. The van der Waals surface area contributed by atoms with Crippen LogP contribution in [0.25, 0.3) is 0 Å². The lowest BCUT2D eigenvalue weighted by molar-refractivity contribution is 0.475. The zero-order valence-corrected chi connectivity index (χ0v) is 16.7. The number of aryl methyl sites for hydroxylation is 1. The summed E-state index contributed by atoms with van der Waals surface area (Å²) in [4.78, 5) is 4.19. The molecule has 2 aromatic rings. The van der Waals surface area contributed by atoms with Crippen LogP contribution in [0.1, 0.15) is 17.5 Å². The Kier molecular flexibility index (Phi) is 9.91. The van der Waals surface area contributed by atoms with Gasteiger partial charge in [0.05, 0.1) is 0 Å². The Morgan fingerprint density at radius 3 is 2.12 bits per heavy atom. The van der Waals surface area contributed by atoms with Crippen molar-refractivity contribution in [2.75, 3.05) is 20.1 Å². The minimum absolute atomic E-state index is 0. The van der Waals surface area contributed by atoms with E-state index in [1.165, 1.54) is 17.7 Å². The van der Waals surface area contributed by atoms with E-state index in [9.17, 15) is 9.50 Å². The van der Waals surface area contributed by atoms with Crippen LogP contribution in [0.15, 0.2) is 53.5 Å². The minimum Gasteiger partial charge on any atom is -0.508 e. The van der Waals surface area contributed by atoms with E-state index in [2.05, 4.69) is 15.6 Å². The number of aromatic hydroxyl groups is 1. The van der Waals surface area contributed by atoms with Crippen LogP contribution in [0.5, 0.6) is 5.75 Å². The number of hydrogen-bond acceptors (Lipinski definition) is 2. The largest absolute Gasteiger partial charge is 0.508 e. The lowest BCUT2D eigenvalue weighted by Crippen LogP contribution is -2.38. The van der Waals surface area contributed by atoms with Crippen molar-refractivity contribution in [3.63, 3.8) is 0 Å². The van der Waals surface area contributed by atoms with E-state index in [-0.39, 0.29) is 29.8 Å². The van der Waals surface area contributed by atoms with Crippen LogP contribution in [-0.2, 0) is 12.8 Å². The fraction of sp³-hybridized carbons (Fsp3) is 0.316. The van der Waals surface area contributed by atoms with Gasteiger partial charge in [-0.2, -0.15) is 0 Å². The van der Waals surface area contributed by atoms with E-state index in [1.807, 2.05) is 12.1 Å². The highest BCUT2D eigenvalue weighted by Crippen LogP contribution is 2.10. The number of benzene rings is 2. The summed E-state index contributed by atoms with van der Waals surface area (Å²) in [6.07, 6.45) is 2.73.